The van der Waals surface area contributed by atoms with Crippen molar-refractivity contribution in [2.75, 3.05) is 20.1 Å². The molecule has 1 atom stereocenters. The lowest BCUT2D eigenvalue weighted by Crippen LogP contribution is -2.42. The van der Waals surface area contributed by atoms with Gasteiger partial charge in [-0.15, -0.1) is 0 Å². The first kappa shape index (κ1) is 16.0. The van der Waals surface area contributed by atoms with Gasteiger partial charge in [0.25, 0.3) is 0 Å². The molecule has 0 amide bonds. The molecule has 0 aromatic carbocycles. The van der Waals surface area contributed by atoms with Gasteiger partial charge >= 0.3 is 0 Å². The molecule has 108 valence electrons. The minimum atomic E-state index is 0.585. The molecule has 1 rings (SSSR count). The summed E-state index contributed by atoms with van der Waals surface area (Å²) < 4.78 is 0. The van der Waals surface area contributed by atoms with Crippen LogP contribution in [-0.2, 0) is 0 Å². The summed E-state index contributed by atoms with van der Waals surface area (Å²) in [5, 5.41) is 3.63. The average molecular weight is 254 g/mol. The second kappa shape index (κ2) is 6.91. The molecule has 0 aromatic rings. The summed E-state index contributed by atoms with van der Waals surface area (Å²) >= 11 is 0. The van der Waals surface area contributed by atoms with Gasteiger partial charge in [-0.3, -0.25) is 0 Å². The Labute approximate surface area is 115 Å². The molecule has 1 saturated carbocycles. The van der Waals surface area contributed by atoms with E-state index in [1.54, 1.807) is 0 Å². The van der Waals surface area contributed by atoms with Crippen molar-refractivity contribution in [1.82, 2.24) is 10.2 Å². The van der Waals surface area contributed by atoms with Crippen molar-refractivity contribution in [3.8, 4) is 0 Å². The Morgan fingerprint density at radius 2 is 1.72 bits per heavy atom. The Morgan fingerprint density at radius 1 is 1.17 bits per heavy atom. The van der Waals surface area contributed by atoms with Crippen LogP contribution in [0.5, 0.6) is 0 Å². The van der Waals surface area contributed by atoms with E-state index in [-0.39, 0.29) is 0 Å². The number of nitrogens with one attached hydrogen (secondary N) is 1. The molecule has 2 nitrogen and oxygen atoms in total. The molecule has 1 aliphatic carbocycles. The highest BCUT2D eigenvalue weighted by atomic mass is 15.1. The van der Waals surface area contributed by atoms with E-state index in [0.717, 1.165) is 18.5 Å². The third-order valence-corrected chi connectivity index (χ3v) is 4.86. The number of hydrogen-bond acceptors (Lipinski definition) is 2. The number of nitrogens with zero attached hydrogens (tertiary/aromatic N) is 1. The molecule has 0 spiro atoms. The fourth-order valence-corrected chi connectivity index (χ4v) is 2.71. The Kier molecular flexibility index (Phi) is 6.13. The van der Waals surface area contributed by atoms with Gasteiger partial charge in [0.15, 0.2) is 0 Å². The van der Waals surface area contributed by atoms with Crippen LogP contribution in [0.15, 0.2) is 0 Å². The van der Waals surface area contributed by atoms with Crippen LogP contribution in [0, 0.1) is 11.3 Å². The summed E-state index contributed by atoms with van der Waals surface area (Å²) in [5.41, 5.74) is 0.585. The topological polar surface area (TPSA) is 15.3 Å². The van der Waals surface area contributed by atoms with Crippen LogP contribution < -0.4 is 5.32 Å². The van der Waals surface area contributed by atoms with Gasteiger partial charge in [-0.05, 0) is 51.0 Å². The van der Waals surface area contributed by atoms with Gasteiger partial charge in [0.2, 0.25) is 0 Å². The predicted octanol–water partition coefficient (Wildman–Crippen LogP) is 3.52. The van der Waals surface area contributed by atoms with Crippen LogP contribution >= 0.6 is 0 Å². The molecule has 2 heteroatoms. The zero-order valence-electron chi connectivity index (χ0n) is 13.4. The minimum Gasteiger partial charge on any atom is -0.313 e. The first-order valence-electron chi connectivity index (χ1n) is 7.75. The molecule has 0 saturated heterocycles. The van der Waals surface area contributed by atoms with E-state index in [1.807, 2.05) is 0 Å². The third kappa shape index (κ3) is 5.27. The lowest BCUT2D eigenvalue weighted by atomic mass is 9.75. The van der Waals surface area contributed by atoms with Crippen molar-refractivity contribution in [3.05, 3.63) is 0 Å². The molecule has 1 aliphatic rings. The molecular formula is C16H34N2. The van der Waals surface area contributed by atoms with E-state index >= 15 is 0 Å². The van der Waals surface area contributed by atoms with Gasteiger partial charge in [-0.25, -0.2) is 0 Å². The summed E-state index contributed by atoms with van der Waals surface area (Å²) in [6.45, 7) is 14.0. The van der Waals surface area contributed by atoms with Crippen molar-refractivity contribution < 1.29 is 0 Å². The molecule has 1 N–H and O–H groups in total. The fourth-order valence-electron chi connectivity index (χ4n) is 2.71. The van der Waals surface area contributed by atoms with Crippen LogP contribution in [0.3, 0.4) is 0 Å². The molecule has 18 heavy (non-hydrogen) atoms. The zero-order chi connectivity index (χ0) is 13.8. The van der Waals surface area contributed by atoms with Crippen LogP contribution in [0.4, 0.5) is 0 Å². The van der Waals surface area contributed by atoms with Crippen molar-refractivity contribution in [2.24, 2.45) is 11.3 Å². The van der Waals surface area contributed by atoms with Crippen LogP contribution in [0.1, 0.15) is 60.3 Å². The highest BCUT2D eigenvalue weighted by Crippen LogP contribution is 2.36. The van der Waals surface area contributed by atoms with E-state index < -0.39 is 0 Å². The molecule has 0 aromatic heterocycles. The highest BCUT2D eigenvalue weighted by Gasteiger charge is 2.28. The predicted molar refractivity (Wildman–Crippen MR) is 81.0 cm³/mol. The number of hydrogen-bond donors (Lipinski definition) is 1. The van der Waals surface area contributed by atoms with Gasteiger partial charge in [0.05, 0.1) is 0 Å². The van der Waals surface area contributed by atoms with E-state index in [4.69, 9.17) is 0 Å². The van der Waals surface area contributed by atoms with Gasteiger partial charge in [-0.1, -0.05) is 27.7 Å². The maximum Gasteiger partial charge on any atom is 0.0107 e. The molecule has 1 fully saturated rings. The largest absolute Gasteiger partial charge is 0.313 e. The molecule has 0 radical (unpaired) electrons. The van der Waals surface area contributed by atoms with Gasteiger partial charge in [0, 0.05) is 25.2 Å². The van der Waals surface area contributed by atoms with E-state index in [9.17, 15) is 0 Å². The van der Waals surface area contributed by atoms with E-state index in [1.165, 1.54) is 32.2 Å². The fraction of sp³-hybridized carbons (Fsp3) is 1.00. The Morgan fingerprint density at radius 3 is 2.22 bits per heavy atom. The lowest BCUT2D eigenvalue weighted by Gasteiger charge is -2.38. The normalized spacial score (nSPS) is 22.7. The SMILES string of the molecule is CC(C)C(C)NCCN(C)C1CCC(C)(C)CC1. The molecule has 0 bridgehead atoms. The Hall–Kier alpha value is -0.0800. The van der Waals surface area contributed by atoms with E-state index in [2.05, 4.69) is 51.9 Å². The quantitative estimate of drug-likeness (QED) is 0.780. The first-order chi connectivity index (χ1) is 8.32. The Balaban J connectivity index is 2.19. The Bertz CT molecular complexity index is 225. The van der Waals surface area contributed by atoms with Gasteiger partial charge < -0.3 is 10.2 Å². The zero-order valence-corrected chi connectivity index (χ0v) is 13.4. The van der Waals surface area contributed by atoms with Gasteiger partial charge in [-0.2, -0.15) is 0 Å². The summed E-state index contributed by atoms with van der Waals surface area (Å²) in [7, 11) is 2.30. The van der Waals surface area contributed by atoms with Gasteiger partial charge in [0.1, 0.15) is 0 Å². The molecule has 0 aliphatic heterocycles. The number of rotatable bonds is 6. The van der Waals surface area contributed by atoms with Crippen molar-refractivity contribution in [3.63, 3.8) is 0 Å². The van der Waals surface area contributed by atoms with Crippen LogP contribution in [0.25, 0.3) is 0 Å². The maximum absolute atomic E-state index is 3.63. The monoisotopic (exact) mass is 254 g/mol. The summed E-state index contributed by atoms with van der Waals surface area (Å²) in [6.07, 6.45) is 5.53. The highest BCUT2D eigenvalue weighted by molar-refractivity contribution is 4.83. The average Bonchev–Trinajstić information content (AvgIpc) is 2.28. The van der Waals surface area contributed by atoms with Crippen molar-refractivity contribution in [1.29, 1.82) is 0 Å². The summed E-state index contributed by atoms with van der Waals surface area (Å²) in [5.74, 6) is 0.728. The van der Waals surface area contributed by atoms with Crippen LogP contribution in [0.2, 0.25) is 0 Å². The smallest absolute Gasteiger partial charge is 0.0107 e. The van der Waals surface area contributed by atoms with Crippen molar-refractivity contribution in [2.45, 2.75) is 72.4 Å². The summed E-state index contributed by atoms with van der Waals surface area (Å²) in [6, 6.07) is 1.44. The second-order valence-corrected chi connectivity index (χ2v) is 7.36. The van der Waals surface area contributed by atoms with Crippen molar-refractivity contribution >= 4 is 0 Å². The van der Waals surface area contributed by atoms with Crippen LogP contribution in [-0.4, -0.2) is 37.1 Å². The molecular weight excluding hydrogens is 220 g/mol. The molecule has 0 heterocycles. The third-order valence-electron chi connectivity index (χ3n) is 4.86. The minimum absolute atomic E-state index is 0.585. The van der Waals surface area contributed by atoms with E-state index in [0.29, 0.717) is 11.5 Å². The number of likely N-dealkylation sites (N-methyl/N-ethyl adjacent to an activating group) is 1. The standard InChI is InChI=1S/C16H34N2/c1-13(2)14(3)17-11-12-18(6)15-7-9-16(4,5)10-8-15/h13-15,17H,7-12H2,1-6H3. The first-order valence-corrected chi connectivity index (χ1v) is 7.75. The second-order valence-electron chi connectivity index (χ2n) is 7.36. The molecule has 1 unspecified atom stereocenters. The lowest BCUT2D eigenvalue weighted by molar-refractivity contribution is 0.127. The summed E-state index contributed by atoms with van der Waals surface area (Å²) in [4.78, 5) is 2.56. The maximum atomic E-state index is 3.63.